The molecular weight excluding hydrogens is 372 g/mol. The molecule has 0 saturated carbocycles. The van der Waals surface area contributed by atoms with Crippen LogP contribution in [0.1, 0.15) is 54.4 Å². The largest absolute Gasteiger partial charge is 0.464 e. The molecule has 0 aromatic heterocycles. The van der Waals surface area contributed by atoms with Gasteiger partial charge in [-0.15, -0.1) is 0 Å². The standard InChI is InChI=1S/C21H42O4Si2/c1-12-15-22-19-14-13-17(25-27(10,11)21(5,6)7)18(24-19)16-23-26(8,9)20(2,3)4/h15,17-19H,1,13-14,16H2,2-11H3/t17-,18+,19-/m0/s1. The lowest BCUT2D eigenvalue weighted by Gasteiger charge is -2.45. The summed E-state index contributed by atoms with van der Waals surface area (Å²) in [6, 6.07) is 0. The van der Waals surface area contributed by atoms with Crippen LogP contribution in [0.3, 0.4) is 0 Å². The average Bonchev–Trinajstić information content (AvgIpc) is 2.50. The molecule has 6 heteroatoms. The molecule has 3 atom stereocenters. The number of rotatable bonds is 7. The zero-order valence-corrected chi connectivity index (χ0v) is 21.3. The van der Waals surface area contributed by atoms with Crippen molar-refractivity contribution in [3.8, 4) is 0 Å². The zero-order chi connectivity index (χ0) is 21.1. The van der Waals surface area contributed by atoms with Crippen molar-refractivity contribution in [2.24, 2.45) is 0 Å². The molecule has 0 unspecified atom stereocenters. The van der Waals surface area contributed by atoms with Crippen molar-refractivity contribution in [2.75, 3.05) is 6.61 Å². The van der Waals surface area contributed by atoms with E-state index in [4.69, 9.17) is 18.3 Å². The summed E-state index contributed by atoms with van der Waals surface area (Å²) < 4.78 is 25.0. The predicted molar refractivity (Wildman–Crippen MR) is 118 cm³/mol. The van der Waals surface area contributed by atoms with Gasteiger partial charge in [-0.25, -0.2) is 0 Å². The molecule has 0 amide bonds. The number of hydrogen-bond acceptors (Lipinski definition) is 4. The van der Waals surface area contributed by atoms with Gasteiger partial charge in [-0.2, -0.15) is 0 Å². The monoisotopic (exact) mass is 414 g/mol. The van der Waals surface area contributed by atoms with E-state index >= 15 is 0 Å². The van der Waals surface area contributed by atoms with Gasteiger partial charge in [-0.1, -0.05) is 53.9 Å². The highest BCUT2D eigenvalue weighted by molar-refractivity contribution is 6.74. The molecule has 0 bridgehead atoms. The first-order valence-electron chi connectivity index (χ1n) is 10.1. The number of ether oxygens (including phenoxy) is 2. The second kappa shape index (κ2) is 8.97. The van der Waals surface area contributed by atoms with Gasteiger partial charge >= 0.3 is 0 Å². The van der Waals surface area contributed by atoms with Gasteiger partial charge in [-0.3, -0.25) is 0 Å². The van der Waals surface area contributed by atoms with Crippen molar-refractivity contribution in [3.63, 3.8) is 0 Å². The lowest BCUT2D eigenvalue weighted by molar-refractivity contribution is -0.206. The Morgan fingerprint density at radius 2 is 1.56 bits per heavy atom. The van der Waals surface area contributed by atoms with Gasteiger partial charge in [-0.05, 0) is 42.7 Å². The van der Waals surface area contributed by atoms with Crippen LogP contribution in [0.2, 0.25) is 36.3 Å². The van der Waals surface area contributed by atoms with E-state index in [-0.39, 0.29) is 28.6 Å². The van der Waals surface area contributed by atoms with Crippen molar-refractivity contribution in [1.29, 1.82) is 0 Å². The molecule has 0 aromatic rings. The van der Waals surface area contributed by atoms with E-state index in [9.17, 15) is 0 Å². The minimum absolute atomic E-state index is 0.0446. The predicted octanol–water partition coefficient (Wildman–Crippen LogP) is 6.22. The third kappa shape index (κ3) is 6.88. The number of hydrogen-bond donors (Lipinski definition) is 0. The summed E-state index contributed by atoms with van der Waals surface area (Å²) in [6.45, 7) is 26.8. The molecule has 0 radical (unpaired) electrons. The molecule has 1 aliphatic rings. The van der Waals surface area contributed by atoms with E-state index in [1.807, 2.05) is 0 Å². The Morgan fingerprint density at radius 1 is 1.00 bits per heavy atom. The van der Waals surface area contributed by atoms with Crippen LogP contribution in [0.15, 0.2) is 18.6 Å². The van der Waals surface area contributed by atoms with E-state index in [2.05, 4.69) is 80.0 Å². The second-order valence-electron chi connectivity index (χ2n) is 10.6. The normalized spacial score (nSPS) is 25.0. The molecule has 0 aliphatic carbocycles. The first-order valence-corrected chi connectivity index (χ1v) is 15.9. The molecule has 0 N–H and O–H groups in total. The third-order valence-electron chi connectivity index (χ3n) is 6.40. The summed E-state index contributed by atoms with van der Waals surface area (Å²) in [4.78, 5) is 0. The first-order chi connectivity index (χ1) is 12.1. The van der Waals surface area contributed by atoms with Crippen molar-refractivity contribution >= 4 is 16.6 Å². The molecule has 4 nitrogen and oxygen atoms in total. The fourth-order valence-electron chi connectivity index (χ4n) is 2.40. The molecule has 1 saturated heterocycles. The van der Waals surface area contributed by atoms with E-state index in [0.29, 0.717) is 6.61 Å². The molecule has 1 fully saturated rings. The van der Waals surface area contributed by atoms with Gasteiger partial charge in [0.2, 0.25) is 0 Å². The Bertz CT molecular complexity index is 525. The van der Waals surface area contributed by atoms with Crippen LogP contribution in [0.4, 0.5) is 0 Å². The molecular formula is C21H42O4Si2. The third-order valence-corrected chi connectivity index (χ3v) is 15.4. The van der Waals surface area contributed by atoms with Crippen molar-refractivity contribution in [2.45, 2.75) is 109 Å². The van der Waals surface area contributed by atoms with E-state index < -0.39 is 16.6 Å². The summed E-state index contributed by atoms with van der Waals surface area (Å²) in [5.74, 6) is 0. The summed E-state index contributed by atoms with van der Waals surface area (Å²) in [6.07, 6.45) is 2.83. The van der Waals surface area contributed by atoms with Gasteiger partial charge in [0.05, 0.1) is 12.7 Å². The molecule has 158 valence electrons. The SMILES string of the molecule is C=C=CO[C@@H]1CC[C@H](O[Si](C)(C)C(C)(C)C)[C@@H](CO[Si](C)(C)C(C)(C)C)O1. The lowest BCUT2D eigenvalue weighted by Crippen LogP contribution is -2.53. The summed E-state index contributed by atoms with van der Waals surface area (Å²) in [5.41, 5.74) is 2.65. The highest BCUT2D eigenvalue weighted by Crippen LogP contribution is 2.40. The highest BCUT2D eigenvalue weighted by Gasteiger charge is 2.44. The first kappa shape index (κ1) is 24.7. The summed E-state index contributed by atoms with van der Waals surface area (Å²) in [7, 11) is -3.74. The van der Waals surface area contributed by atoms with Gasteiger partial charge in [0.1, 0.15) is 12.4 Å². The molecule has 27 heavy (non-hydrogen) atoms. The second-order valence-corrected chi connectivity index (χ2v) is 20.2. The Morgan fingerprint density at radius 3 is 2.04 bits per heavy atom. The molecule has 0 aromatic carbocycles. The van der Waals surface area contributed by atoms with Crippen molar-refractivity contribution in [1.82, 2.24) is 0 Å². The molecule has 1 rings (SSSR count). The zero-order valence-electron chi connectivity index (χ0n) is 19.3. The van der Waals surface area contributed by atoms with Crippen LogP contribution in [0, 0.1) is 0 Å². The van der Waals surface area contributed by atoms with E-state index in [1.165, 1.54) is 6.26 Å². The molecule has 1 heterocycles. The van der Waals surface area contributed by atoms with Crippen LogP contribution in [0.5, 0.6) is 0 Å². The van der Waals surface area contributed by atoms with Crippen LogP contribution >= 0.6 is 0 Å². The Labute approximate surface area is 169 Å². The maximum atomic E-state index is 6.72. The summed E-state index contributed by atoms with van der Waals surface area (Å²) >= 11 is 0. The van der Waals surface area contributed by atoms with Crippen LogP contribution in [-0.4, -0.2) is 41.7 Å². The summed E-state index contributed by atoms with van der Waals surface area (Å²) in [5, 5.41) is 0.329. The van der Waals surface area contributed by atoms with Crippen molar-refractivity contribution in [3.05, 3.63) is 18.6 Å². The Balaban J connectivity index is 2.92. The van der Waals surface area contributed by atoms with Gasteiger partial charge in [0, 0.05) is 6.42 Å². The lowest BCUT2D eigenvalue weighted by atomic mass is 10.1. The highest BCUT2D eigenvalue weighted by atomic mass is 28.4. The van der Waals surface area contributed by atoms with E-state index in [0.717, 1.165) is 12.8 Å². The average molecular weight is 415 g/mol. The van der Waals surface area contributed by atoms with Crippen LogP contribution < -0.4 is 0 Å². The smallest absolute Gasteiger partial charge is 0.200 e. The fourth-order valence-corrected chi connectivity index (χ4v) is 4.80. The van der Waals surface area contributed by atoms with Crippen LogP contribution in [0.25, 0.3) is 0 Å². The van der Waals surface area contributed by atoms with Gasteiger partial charge in [0.15, 0.2) is 22.9 Å². The van der Waals surface area contributed by atoms with E-state index in [1.54, 1.807) is 0 Å². The maximum absolute atomic E-state index is 6.72. The van der Waals surface area contributed by atoms with Crippen molar-refractivity contribution < 1.29 is 18.3 Å². The maximum Gasteiger partial charge on any atom is 0.200 e. The fraction of sp³-hybridized carbons (Fsp3) is 0.857. The minimum Gasteiger partial charge on any atom is -0.464 e. The minimum atomic E-state index is -1.89. The van der Waals surface area contributed by atoms with Gasteiger partial charge < -0.3 is 18.3 Å². The Kier molecular flexibility index (Phi) is 8.20. The molecule has 1 aliphatic heterocycles. The molecule has 0 spiro atoms. The Hall–Kier alpha value is -0.366. The van der Waals surface area contributed by atoms with Gasteiger partial charge in [0.25, 0.3) is 0 Å². The quantitative estimate of drug-likeness (QED) is 0.281. The topological polar surface area (TPSA) is 36.9 Å². The van der Waals surface area contributed by atoms with Crippen LogP contribution in [-0.2, 0) is 18.3 Å².